The third-order valence-corrected chi connectivity index (χ3v) is 10.6. The number of methoxy groups -OCH3 is 1. The molecule has 58 heavy (non-hydrogen) atoms. The molecule has 1 fully saturated rings. The van der Waals surface area contributed by atoms with Gasteiger partial charge >= 0.3 is 11.9 Å². The first-order valence-corrected chi connectivity index (χ1v) is 20.3. The molecule has 1 aliphatic rings. The number of hydrogen-bond acceptors (Lipinski definition) is 16. The van der Waals surface area contributed by atoms with Gasteiger partial charge in [0.05, 0.1) is 60.7 Å². The molecule has 0 saturated carbocycles. The number of aliphatic hydroxyl groups excluding tert-OH is 5. The highest BCUT2D eigenvalue weighted by molar-refractivity contribution is 5.76. The van der Waals surface area contributed by atoms with Gasteiger partial charge in [-0.3, -0.25) is 4.79 Å². The Labute approximate surface area is 344 Å². The Bertz CT molecular complexity index is 1340. The topological polar surface area (TPSA) is 222 Å². The Morgan fingerprint density at radius 1 is 0.845 bits per heavy atom. The predicted octanol–water partition coefficient (Wildman–Crippen LogP) is 3.48. The number of unbranched alkanes of at least 4 members (excludes halogenated alkanes) is 2. The van der Waals surface area contributed by atoms with Gasteiger partial charge in [-0.15, -0.1) is 0 Å². The van der Waals surface area contributed by atoms with Crippen LogP contribution in [0, 0.1) is 11.8 Å². The summed E-state index contributed by atoms with van der Waals surface area (Å²) in [4.78, 5) is 27.0. The van der Waals surface area contributed by atoms with Gasteiger partial charge in [-0.05, 0) is 107 Å². The van der Waals surface area contributed by atoms with Gasteiger partial charge in [-0.25, -0.2) is 4.79 Å². The summed E-state index contributed by atoms with van der Waals surface area (Å²) >= 11 is 0. The quantitative estimate of drug-likeness (QED) is 0.0666. The monoisotopic (exact) mass is 834 g/mol. The van der Waals surface area contributed by atoms with E-state index < -0.39 is 95.7 Å². The average Bonchev–Trinajstić information content (AvgIpc) is 3.65. The molecule has 9 atom stereocenters. The molecule has 2 rings (SSSR count). The van der Waals surface area contributed by atoms with E-state index in [1.165, 1.54) is 6.26 Å². The largest absolute Gasteiger partial charge is 0.466 e. The van der Waals surface area contributed by atoms with Crippen LogP contribution < -0.4 is 0 Å². The summed E-state index contributed by atoms with van der Waals surface area (Å²) < 4.78 is 52.3. The first kappa shape index (κ1) is 51.9. The Morgan fingerprint density at radius 3 is 2.03 bits per heavy atom. The zero-order valence-corrected chi connectivity index (χ0v) is 37.0. The van der Waals surface area contributed by atoms with E-state index in [1.54, 1.807) is 88.5 Å². The van der Waals surface area contributed by atoms with E-state index >= 15 is 0 Å². The number of rotatable bonds is 26. The summed E-state index contributed by atoms with van der Waals surface area (Å²) in [6.45, 7) is 20.2. The van der Waals surface area contributed by atoms with Crippen LogP contribution in [0.3, 0.4) is 0 Å². The molecule has 0 spiro atoms. The van der Waals surface area contributed by atoms with Crippen LogP contribution in [0.2, 0.25) is 0 Å². The van der Waals surface area contributed by atoms with Crippen molar-refractivity contribution in [2.24, 2.45) is 11.8 Å². The van der Waals surface area contributed by atoms with Gasteiger partial charge in [0.15, 0.2) is 6.10 Å². The third-order valence-electron chi connectivity index (χ3n) is 10.6. The SMILES string of the molecule is COCCCCCOC(=O)C(C(O)C(O)[C@@H](CO)OC(C)(C)COC(C)(C)C1OC(C(=O)OCc2ccco2)[C@@H](OC(C)(C)C(C)C)C(O)C1O)C(C)(C)OC(C)C. The Kier molecular flexibility index (Phi) is 20.2. The van der Waals surface area contributed by atoms with E-state index in [-0.39, 0.29) is 31.8 Å². The number of hydrogen-bond donors (Lipinski definition) is 5. The standard InChI is InChI=1S/C42H74O16/c1-25(2)40(7,8)58-34-32(46)33(47)36(55-35(34)38(49)53-23-27-18-17-21-51-27)42(11,12)54-24-39(5,6)57-28(22-43)30(44)31(45)29(41(9,10)56-26(3)4)37(48)52-20-16-14-15-19-50-13/h17-18,21,25-26,28-36,43-47H,14-16,19-20,22-24H2,1-13H3/t28-,29?,30?,31?,32?,33?,34+,35?,36?/m1/s1. The Balaban J connectivity index is 2.25. The van der Waals surface area contributed by atoms with Gasteiger partial charge in [-0.2, -0.15) is 0 Å². The molecule has 7 unspecified atom stereocenters. The highest BCUT2D eigenvalue weighted by Crippen LogP contribution is 2.37. The van der Waals surface area contributed by atoms with E-state index in [9.17, 15) is 35.1 Å². The minimum absolute atomic E-state index is 0.0420. The highest BCUT2D eigenvalue weighted by Gasteiger charge is 2.55. The van der Waals surface area contributed by atoms with Crippen molar-refractivity contribution < 1.29 is 77.4 Å². The van der Waals surface area contributed by atoms with E-state index in [0.29, 0.717) is 18.8 Å². The highest BCUT2D eigenvalue weighted by atomic mass is 16.6. The van der Waals surface area contributed by atoms with Gasteiger partial charge in [0, 0.05) is 13.7 Å². The summed E-state index contributed by atoms with van der Waals surface area (Å²) in [7, 11) is 1.61. The fourth-order valence-electron chi connectivity index (χ4n) is 6.69. The van der Waals surface area contributed by atoms with Crippen LogP contribution in [0.15, 0.2) is 22.8 Å². The zero-order valence-electron chi connectivity index (χ0n) is 37.0. The molecule has 0 aromatic carbocycles. The van der Waals surface area contributed by atoms with Gasteiger partial charge < -0.3 is 67.8 Å². The number of carbonyl (C=O) groups excluding carboxylic acids is 2. The maximum atomic E-state index is 13.5. The van der Waals surface area contributed by atoms with Crippen molar-refractivity contribution in [2.75, 3.05) is 33.5 Å². The summed E-state index contributed by atoms with van der Waals surface area (Å²) in [6, 6.07) is 3.28. The zero-order chi connectivity index (χ0) is 44.2. The molecule has 2 heterocycles. The summed E-state index contributed by atoms with van der Waals surface area (Å²) in [5.41, 5.74) is -4.81. The van der Waals surface area contributed by atoms with Crippen LogP contribution in [0.25, 0.3) is 0 Å². The predicted molar refractivity (Wildman–Crippen MR) is 212 cm³/mol. The van der Waals surface area contributed by atoms with Crippen molar-refractivity contribution in [3.8, 4) is 0 Å². The van der Waals surface area contributed by atoms with Crippen molar-refractivity contribution in [3.63, 3.8) is 0 Å². The fraction of sp³-hybridized carbons (Fsp3) is 0.857. The molecule has 5 N–H and O–H groups in total. The normalized spacial score (nSPS) is 23.1. The summed E-state index contributed by atoms with van der Waals surface area (Å²) in [6.07, 6.45) is -9.02. The number of aliphatic hydroxyl groups is 5. The lowest BCUT2D eigenvalue weighted by atomic mass is 9.82. The molecule has 0 radical (unpaired) electrons. The van der Waals surface area contributed by atoms with E-state index in [4.69, 9.17) is 42.3 Å². The second-order valence-electron chi connectivity index (χ2n) is 17.9. The van der Waals surface area contributed by atoms with E-state index in [1.807, 2.05) is 13.8 Å². The van der Waals surface area contributed by atoms with Crippen LogP contribution in [-0.4, -0.2) is 148 Å². The Morgan fingerprint density at radius 2 is 1.48 bits per heavy atom. The molecule has 1 aliphatic heterocycles. The number of esters is 2. The lowest BCUT2D eigenvalue weighted by molar-refractivity contribution is -0.295. The molecule has 1 saturated heterocycles. The lowest BCUT2D eigenvalue weighted by Crippen LogP contribution is -2.67. The van der Waals surface area contributed by atoms with Crippen LogP contribution in [0.4, 0.5) is 0 Å². The molecule has 0 aliphatic carbocycles. The first-order valence-electron chi connectivity index (χ1n) is 20.3. The van der Waals surface area contributed by atoms with Crippen molar-refractivity contribution in [1.82, 2.24) is 0 Å². The molecule has 0 bridgehead atoms. The van der Waals surface area contributed by atoms with Gasteiger partial charge in [0.25, 0.3) is 0 Å². The number of carbonyl (C=O) groups is 2. The van der Waals surface area contributed by atoms with Crippen LogP contribution in [0.5, 0.6) is 0 Å². The number of ether oxygens (including phenoxy) is 8. The molecule has 16 nitrogen and oxygen atoms in total. The molecule has 0 amide bonds. The van der Waals surface area contributed by atoms with Crippen LogP contribution >= 0.6 is 0 Å². The molecule has 1 aromatic heterocycles. The molecular formula is C42H74O16. The van der Waals surface area contributed by atoms with Crippen molar-refractivity contribution in [2.45, 2.75) is 186 Å². The lowest BCUT2D eigenvalue weighted by Gasteiger charge is -2.49. The van der Waals surface area contributed by atoms with E-state index in [2.05, 4.69) is 0 Å². The van der Waals surface area contributed by atoms with Crippen molar-refractivity contribution >= 4 is 11.9 Å². The summed E-state index contributed by atoms with van der Waals surface area (Å²) in [5.74, 6) is -2.64. The fourth-order valence-corrected chi connectivity index (χ4v) is 6.69. The molecule has 1 aromatic rings. The third kappa shape index (κ3) is 15.0. The maximum Gasteiger partial charge on any atom is 0.338 e. The van der Waals surface area contributed by atoms with Gasteiger partial charge in [-0.1, -0.05) is 13.8 Å². The minimum Gasteiger partial charge on any atom is -0.466 e. The second kappa shape index (κ2) is 22.6. The molecule has 338 valence electrons. The van der Waals surface area contributed by atoms with Crippen molar-refractivity contribution in [1.29, 1.82) is 0 Å². The van der Waals surface area contributed by atoms with Crippen LogP contribution in [-0.2, 0) is 54.1 Å². The summed E-state index contributed by atoms with van der Waals surface area (Å²) in [5, 5.41) is 56.3. The van der Waals surface area contributed by atoms with Gasteiger partial charge in [0.2, 0.25) is 0 Å². The first-order chi connectivity index (χ1) is 26.8. The Hall–Kier alpha value is -2.22. The maximum absolute atomic E-state index is 13.5. The van der Waals surface area contributed by atoms with Crippen molar-refractivity contribution in [3.05, 3.63) is 24.2 Å². The molecular weight excluding hydrogens is 760 g/mol. The smallest absolute Gasteiger partial charge is 0.338 e. The van der Waals surface area contributed by atoms with E-state index in [0.717, 1.165) is 12.8 Å². The number of furan rings is 1. The average molecular weight is 835 g/mol. The van der Waals surface area contributed by atoms with Crippen LogP contribution in [0.1, 0.15) is 108 Å². The second-order valence-corrected chi connectivity index (χ2v) is 17.9. The van der Waals surface area contributed by atoms with Gasteiger partial charge in [0.1, 0.15) is 54.9 Å². The molecule has 16 heteroatoms. The minimum atomic E-state index is -1.79.